The fourth-order valence-electron chi connectivity index (χ4n) is 2.06. The second kappa shape index (κ2) is 5.55. The van der Waals surface area contributed by atoms with Gasteiger partial charge in [-0.25, -0.2) is 4.98 Å². The van der Waals surface area contributed by atoms with Crippen molar-refractivity contribution in [3.05, 3.63) is 69.6 Å². The zero-order valence-corrected chi connectivity index (χ0v) is 11.7. The smallest absolute Gasteiger partial charge is 0.265 e. The van der Waals surface area contributed by atoms with Crippen molar-refractivity contribution < 1.29 is 5.11 Å². The van der Waals surface area contributed by atoms with Crippen molar-refractivity contribution in [1.82, 2.24) is 9.38 Å². The molecule has 0 aliphatic carbocycles. The van der Waals surface area contributed by atoms with E-state index in [0.717, 1.165) is 0 Å². The van der Waals surface area contributed by atoms with E-state index in [-0.39, 0.29) is 11.1 Å². The van der Waals surface area contributed by atoms with Crippen LogP contribution in [0.1, 0.15) is 5.56 Å². The fraction of sp³-hybridized carbons (Fsp3) is 0.0667. The minimum absolute atomic E-state index is 0.193. The summed E-state index contributed by atoms with van der Waals surface area (Å²) in [6.07, 6.45) is 1.61. The van der Waals surface area contributed by atoms with Gasteiger partial charge in [0.2, 0.25) is 0 Å². The molecule has 0 spiro atoms. The number of rotatable bonds is 3. The van der Waals surface area contributed by atoms with Crippen molar-refractivity contribution in [2.24, 2.45) is 0 Å². The van der Waals surface area contributed by atoms with Crippen LogP contribution in [0.4, 0.5) is 11.5 Å². The third-order valence-electron chi connectivity index (χ3n) is 3.11. The zero-order chi connectivity index (χ0) is 14.8. The lowest BCUT2D eigenvalue weighted by Crippen LogP contribution is -2.21. The molecule has 0 fully saturated rings. The van der Waals surface area contributed by atoms with Crippen molar-refractivity contribution in [3.63, 3.8) is 0 Å². The van der Waals surface area contributed by atoms with Gasteiger partial charge < -0.3 is 10.4 Å². The molecule has 21 heavy (non-hydrogen) atoms. The van der Waals surface area contributed by atoms with E-state index in [2.05, 4.69) is 10.3 Å². The van der Waals surface area contributed by atoms with Crippen LogP contribution < -0.4 is 10.9 Å². The number of fused-ring (bicyclic) bond motifs is 1. The van der Waals surface area contributed by atoms with E-state index in [1.54, 1.807) is 36.5 Å². The van der Waals surface area contributed by atoms with E-state index >= 15 is 0 Å². The standard InChI is InChI=1S/C15H12ClN3O2/c16-11-5-1-2-6-12(11)17-14-10(9-20)15(21)19-8-4-3-7-13(19)18-14/h1-8,17,20H,9H2. The molecule has 0 aliphatic rings. The summed E-state index contributed by atoms with van der Waals surface area (Å²) in [5, 5.41) is 13.0. The monoisotopic (exact) mass is 301 g/mol. The Labute approximate surface area is 125 Å². The molecular formula is C15H12ClN3O2. The van der Waals surface area contributed by atoms with Crippen molar-refractivity contribution >= 4 is 28.8 Å². The van der Waals surface area contributed by atoms with E-state index in [4.69, 9.17) is 11.6 Å². The molecule has 0 unspecified atom stereocenters. The number of benzene rings is 1. The molecule has 3 rings (SSSR count). The first kappa shape index (κ1) is 13.6. The number of pyridine rings is 1. The van der Waals surface area contributed by atoms with Gasteiger partial charge in [0, 0.05) is 6.20 Å². The third-order valence-corrected chi connectivity index (χ3v) is 3.44. The zero-order valence-electron chi connectivity index (χ0n) is 11.0. The topological polar surface area (TPSA) is 66.6 Å². The lowest BCUT2D eigenvalue weighted by atomic mass is 10.2. The number of halogens is 1. The molecule has 2 aromatic heterocycles. The molecule has 0 bridgehead atoms. The van der Waals surface area contributed by atoms with Crippen molar-refractivity contribution in [2.45, 2.75) is 6.61 Å². The van der Waals surface area contributed by atoms with Crippen molar-refractivity contribution in [1.29, 1.82) is 0 Å². The highest BCUT2D eigenvalue weighted by atomic mass is 35.5. The first-order valence-electron chi connectivity index (χ1n) is 6.33. The summed E-state index contributed by atoms with van der Waals surface area (Å²) in [7, 11) is 0. The Balaban J connectivity index is 2.18. The Bertz CT molecular complexity index is 861. The van der Waals surface area contributed by atoms with Crippen LogP contribution in [0, 0.1) is 0 Å². The average molecular weight is 302 g/mol. The van der Waals surface area contributed by atoms with Crippen molar-refractivity contribution in [3.8, 4) is 0 Å². The molecule has 0 aliphatic heterocycles. The molecule has 0 saturated carbocycles. The van der Waals surface area contributed by atoms with Crippen LogP contribution in [0.5, 0.6) is 0 Å². The molecule has 3 aromatic rings. The fourth-order valence-corrected chi connectivity index (χ4v) is 2.24. The van der Waals surface area contributed by atoms with Crippen LogP contribution in [0.3, 0.4) is 0 Å². The summed E-state index contributed by atoms with van der Waals surface area (Å²) in [6.45, 7) is -0.406. The van der Waals surface area contributed by atoms with Gasteiger partial charge in [-0.1, -0.05) is 29.8 Å². The lowest BCUT2D eigenvalue weighted by Gasteiger charge is -2.12. The van der Waals surface area contributed by atoms with Crippen molar-refractivity contribution in [2.75, 3.05) is 5.32 Å². The molecule has 6 heteroatoms. The van der Waals surface area contributed by atoms with Crippen LogP contribution in [-0.4, -0.2) is 14.5 Å². The van der Waals surface area contributed by atoms with Gasteiger partial charge in [-0.2, -0.15) is 0 Å². The predicted molar refractivity (Wildman–Crippen MR) is 82.1 cm³/mol. The summed E-state index contributed by atoms with van der Waals surface area (Å²) in [6, 6.07) is 12.4. The van der Waals surface area contributed by atoms with Gasteiger partial charge in [0.05, 0.1) is 22.9 Å². The molecular weight excluding hydrogens is 290 g/mol. The van der Waals surface area contributed by atoms with Gasteiger partial charge in [0.25, 0.3) is 5.56 Å². The van der Waals surface area contributed by atoms with Crippen LogP contribution in [-0.2, 0) is 6.61 Å². The summed E-state index contributed by atoms with van der Waals surface area (Å²) >= 11 is 6.09. The Hall–Kier alpha value is -2.37. The molecule has 2 heterocycles. The second-order valence-corrected chi connectivity index (χ2v) is 4.84. The number of hydrogen-bond donors (Lipinski definition) is 2. The Morgan fingerprint density at radius 2 is 1.95 bits per heavy atom. The Morgan fingerprint density at radius 1 is 1.19 bits per heavy atom. The van der Waals surface area contributed by atoms with Gasteiger partial charge in [-0.05, 0) is 24.3 Å². The van der Waals surface area contributed by atoms with E-state index in [9.17, 15) is 9.90 Å². The number of para-hydroxylation sites is 1. The van der Waals surface area contributed by atoms with E-state index in [0.29, 0.717) is 22.2 Å². The molecule has 0 atom stereocenters. The molecule has 0 saturated heterocycles. The van der Waals surface area contributed by atoms with Crippen LogP contribution in [0.2, 0.25) is 5.02 Å². The number of aliphatic hydroxyl groups is 1. The number of aliphatic hydroxyl groups excluding tert-OH is 1. The number of hydrogen-bond acceptors (Lipinski definition) is 4. The SMILES string of the molecule is O=c1c(CO)c(Nc2ccccc2Cl)nc2ccccn12. The van der Waals surface area contributed by atoms with E-state index in [1.165, 1.54) is 4.40 Å². The van der Waals surface area contributed by atoms with Crippen LogP contribution >= 0.6 is 11.6 Å². The average Bonchev–Trinajstić information content (AvgIpc) is 2.50. The minimum Gasteiger partial charge on any atom is -0.391 e. The number of aromatic nitrogens is 2. The summed E-state index contributed by atoms with van der Waals surface area (Å²) < 4.78 is 1.39. The Kier molecular flexibility index (Phi) is 3.60. The molecule has 106 valence electrons. The van der Waals surface area contributed by atoms with Gasteiger partial charge in [-0.15, -0.1) is 0 Å². The Morgan fingerprint density at radius 3 is 2.71 bits per heavy atom. The van der Waals surface area contributed by atoms with Gasteiger partial charge in [0.15, 0.2) is 0 Å². The molecule has 2 N–H and O–H groups in total. The highest BCUT2D eigenvalue weighted by Gasteiger charge is 2.12. The minimum atomic E-state index is -0.406. The number of anilines is 2. The maximum atomic E-state index is 12.3. The first-order chi connectivity index (χ1) is 10.2. The second-order valence-electron chi connectivity index (χ2n) is 4.44. The molecule has 0 amide bonds. The molecule has 0 radical (unpaired) electrons. The normalized spacial score (nSPS) is 10.8. The van der Waals surface area contributed by atoms with Crippen LogP contribution in [0.15, 0.2) is 53.5 Å². The quantitative estimate of drug-likeness (QED) is 0.780. The molecule has 5 nitrogen and oxygen atoms in total. The maximum absolute atomic E-state index is 12.3. The largest absolute Gasteiger partial charge is 0.391 e. The maximum Gasteiger partial charge on any atom is 0.265 e. The predicted octanol–water partition coefficient (Wildman–Crippen LogP) is 2.58. The number of nitrogens with one attached hydrogen (secondary N) is 1. The highest BCUT2D eigenvalue weighted by molar-refractivity contribution is 6.33. The first-order valence-corrected chi connectivity index (χ1v) is 6.71. The third kappa shape index (κ3) is 2.49. The van der Waals surface area contributed by atoms with Crippen LogP contribution in [0.25, 0.3) is 5.65 Å². The van der Waals surface area contributed by atoms with Gasteiger partial charge >= 0.3 is 0 Å². The summed E-state index contributed by atoms with van der Waals surface area (Å²) in [5.74, 6) is 0.307. The lowest BCUT2D eigenvalue weighted by molar-refractivity contribution is 0.280. The summed E-state index contributed by atoms with van der Waals surface area (Å²) in [4.78, 5) is 16.7. The summed E-state index contributed by atoms with van der Waals surface area (Å²) in [5.41, 5.74) is 1.01. The molecule has 1 aromatic carbocycles. The van der Waals surface area contributed by atoms with Gasteiger partial charge in [-0.3, -0.25) is 9.20 Å². The van der Waals surface area contributed by atoms with Gasteiger partial charge in [0.1, 0.15) is 11.5 Å². The van der Waals surface area contributed by atoms with E-state index < -0.39 is 6.61 Å². The highest BCUT2D eigenvalue weighted by Crippen LogP contribution is 2.25. The number of nitrogens with zero attached hydrogens (tertiary/aromatic N) is 2. The van der Waals surface area contributed by atoms with E-state index in [1.807, 2.05) is 12.1 Å².